The Bertz CT molecular complexity index is 362. The maximum absolute atomic E-state index is 6.08. The van der Waals surface area contributed by atoms with Crippen LogP contribution < -0.4 is 0 Å². The minimum absolute atomic E-state index is 0.205. The van der Waals surface area contributed by atoms with Crippen molar-refractivity contribution in [2.75, 3.05) is 24.8 Å². The van der Waals surface area contributed by atoms with Crippen LogP contribution in [0.15, 0.2) is 24.3 Å². The number of ether oxygens (including phenoxy) is 2. The predicted octanol–water partition coefficient (Wildman–Crippen LogP) is 4.51. The van der Waals surface area contributed by atoms with E-state index in [-0.39, 0.29) is 5.60 Å². The summed E-state index contributed by atoms with van der Waals surface area (Å²) in [6.07, 6.45) is 0.937. The van der Waals surface area contributed by atoms with Gasteiger partial charge in [0.25, 0.3) is 0 Å². The molecule has 0 aromatic heterocycles. The molecular weight excluding hydrogens is 351 g/mol. The van der Waals surface area contributed by atoms with Crippen molar-refractivity contribution in [1.82, 2.24) is 0 Å². The van der Waals surface area contributed by atoms with Crippen molar-refractivity contribution >= 4 is 22.6 Å². The second-order valence-corrected chi connectivity index (χ2v) is 6.10. The van der Waals surface area contributed by atoms with Crippen molar-refractivity contribution in [1.29, 1.82) is 0 Å². The number of methoxy groups -OCH3 is 1. The van der Waals surface area contributed by atoms with E-state index in [4.69, 9.17) is 9.47 Å². The molecule has 0 amide bonds. The summed E-state index contributed by atoms with van der Waals surface area (Å²) in [5.74, 6) is 0.572. The lowest BCUT2D eigenvalue weighted by Gasteiger charge is -2.29. The highest BCUT2D eigenvalue weighted by Gasteiger charge is 2.26. The molecule has 0 aliphatic rings. The Balaban J connectivity index is 2.71. The van der Waals surface area contributed by atoms with Gasteiger partial charge in [-0.25, -0.2) is 0 Å². The molecule has 0 saturated heterocycles. The zero-order chi connectivity index (χ0) is 14.3. The normalized spacial score (nSPS) is 14.6. The van der Waals surface area contributed by atoms with Gasteiger partial charge in [0, 0.05) is 24.8 Å². The molecule has 0 radical (unpaired) electrons. The van der Waals surface area contributed by atoms with Crippen molar-refractivity contribution < 1.29 is 9.47 Å². The lowest BCUT2D eigenvalue weighted by Crippen LogP contribution is -2.28. The number of benzene rings is 1. The van der Waals surface area contributed by atoms with E-state index in [1.54, 1.807) is 7.11 Å². The van der Waals surface area contributed by atoms with Crippen molar-refractivity contribution in [2.45, 2.75) is 38.7 Å². The topological polar surface area (TPSA) is 18.5 Å². The molecule has 2 nitrogen and oxygen atoms in total. The van der Waals surface area contributed by atoms with E-state index in [9.17, 15) is 0 Å². The maximum atomic E-state index is 6.08. The first-order valence-corrected chi connectivity index (χ1v) is 8.35. The summed E-state index contributed by atoms with van der Waals surface area (Å²) < 4.78 is 12.1. The molecule has 1 aromatic carbocycles. The van der Waals surface area contributed by atoms with Gasteiger partial charge in [-0.05, 0) is 30.4 Å². The molecule has 0 saturated carbocycles. The molecule has 3 heteroatoms. The fraction of sp³-hybridized carbons (Fsp3) is 0.625. The summed E-state index contributed by atoms with van der Waals surface area (Å²) in [6, 6.07) is 8.82. The minimum Gasteiger partial charge on any atom is -0.385 e. The summed E-state index contributed by atoms with van der Waals surface area (Å²) in [4.78, 5) is 0. The second kappa shape index (κ2) is 8.22. The molecule has 0 spiro atoms. The van der Waals surface area contributed by atoms with Crippen LogP contribution in [0.25, 0.3) is 0 Å². The van der Waals surface area contributed by atoms with Gasteiger partial charge >= 0.3 is 0 Å². The quantitative estimate of drug-likeness (QED) is 0.378. The molecule has 0 N–H and O–H groups in total. The van der Waals surface area contributed by atoms with Gasteiger partial charge in [-0.3, -0.25) is 0 Å². The molecule has 1 unspecified atom stereocenters. The van der Waals surface area contributed by atoms with Gasteiger partial charge in [-0.2, -0.15) is 0 Å². The predicted molar refractivity (Wildman–Crippen MR) is 89.2 cm³/mol. The highest BCUT2D eigenvalue weighted by Crippen LogP contribution is 2.29. The van der Waals surface area contributed by atoms with Crippen molar-refractivity contribution in [3.63, 3.8) is 0 Å². The van der Waals surface area contributed by atoms with Crippen LogP contribution in [0.1, 0.15) is 44.2 Å². The monoisotopic (exact) mass is 376 g/mol. The average molecular weight is 376 g/mol. The Morgan fingerprint density at radius 1 is 1.16 bits per heavy atom. The Kier molecular flexibility index (Phi) is 7.32. The van der Waals surface area contributed by atoms with E-state index in [0.29, 0.717) is 5.92 Å². The van der Waals surface area contributed by atoms with Gasteiger partial charge in [-0.1, -0.05) is 60.7 Å². The largest absolute Gasteiger partial charge is 0.385 e. The van der Waals surface area contributed by atoms with Crippen LogP contribution in [0, 0.1) is 0 Å². The fourth-order valence-electron chi connectivity index (χ4n) is 1.92. The van der Waals surface area contributed by atoms with E-state index >= 15 is 0 Å². The number of hydrogen-bond donors (Lipinski definition) is 0. The second-order valence-electron chi connectivity index (χ2n) is 5.34. The van der Waals surface area contributed by atoms with Gasteiger partial charge < -0.3 is 9.47 Å². The lowest BCUT2D eigenvalue weighted by atomic mass is 9.94. The van der Waals surface area contributed by atoms with Crippen LogP contribution >= 0.6 is 22.6 Å². The zero-order valence-electron chi connectivity index (χ0n) is 12.4. The van der Waals surface area contributed by atoms with Crippen LogP contribution in [0.4, 0.5) is 0 Å². The maximum Gasteiger partial charge on any atom is 0.0992 e. The molecule has 108 valence electrons. The van der Waals surface area contributed by atoms with Crippen LogP contribution in [0.5, 0.6) is 0 Å². The third kappa shape index (κ3) is 5.04. The summed E-state index contributed by atoms with van der Waals surface area (Å²) in [5, 5.41) is 0. The first-order valence-electron chi connectivity index (χ1n) is 6.83. The molecular formula is C16H25IO2. The minimum atomic E-state index is -0.205. The average Bonchev–Trinajstić information content (AvgIpc) is 2.43. The highest BCUT2D eigenvalue weighted by molar-refractivity contribution is 14.1. The Hall–Kier alpha value is -0.130. The van der Waals surface area contributed by atoms with Crippen LogP contribution in [-0.4, -0.2) is 24.8 Å². The third-order valence-corrected chi connectivity index (χ3v) is 4.81. The SMILES string of the molecule is COCCCOC(C)(CI)c1ccc(C(C)C)cc1. The van der Waals surface area contributed by atoms with Gasteiger partial charge in [0.15, 0.2) is 0 Å². The van der Waals surface area contributed by atoms with E-state index in [1.807, 2.05) is 0 Å². The summed E-state index contributed by atoms with van der Waals surface area (Å²) >= 11 is 2.40. The smallest absolute Gasteiger partial charge is 0.0992 e. The van der Waals surface area contributed by atoms with Gasteiger partial charge in [0.05, 0.1) is 5.60 Å². The van der Waals surface area contributed by atoms with E-state index in [0.717, 1.165) is 24.1 Å². The molecule has 0 aliphatic carbocycles. The summed E-state index contributed by atoms with van der Waals surface area (Å²) in [7, 11) is 1.72. The number of hydrogen-bond acceptors (Lipinski definition) is 2. The van der Waals surface area contributed by atoms with E-state index < -0.39 is 0 Å². The molecule has 1 aromatic rings. The first-order chi connectivity index (χ1) is 9.03. The van der Waals surface area contributed by atoms with Crippen LogP contribution in [0.3, 0.4) is 0 Å². The van der Waals surface area contributed by atoms with E-state index in [2.05, 4.69) is 67.6 Å². The number of rotatable bonds is 8. The van der Waals surface area contributed by atoms with Crippen molar-refractivity contribution in [3.05, 3.63) is 35.4 Å². The third-order valence-electron chi connectivity index (χ3n) is 3.36. The van der Waals surface area contributed by atoms with Gasteiger partial charge in [0.1, 0.15) is 0 Å². The van der Waals surface area contributed by atoms with Crippen molar-refractivity contribution in [2.24, 2.45) is 0 Å². The first kappa shape index (κ1) is 16.9. The summed E-state index contributed by atoms with van der Waals surface area (Å²) in [6.45, 7) is 8.08. The Morgan fingerprint density at radius 2 is 1.79 bits per heavy atom. The number of alkyl halides is 1. The van der Waals surface area contributed by atoms with E-state index in [1.165, 1.54) is 11.1 Å². The molecule has 1 atom stereocenters. The zero-order valence-corrected chi connectivity index (χ0v) is 14.6. The molecule has 0 fully saturated rings. The molecule has 0 bridgehead atoms. The van der Waals surface area contributed by atoms with Gasteiger partial charge in [0.2, 0.25) is 0 Å². The van der Waals surface area contributed by atoms with Crippen LogP contribution in [0.2, 0.25) is 0 Å². The number of halogens is 1. The molecule has 0 heterocycles. The fourth-order valence-corrected chi connectivity index (χ4v) is 2.58. The standard InChI is InChI=1S/C16H25IO2/c1-13(2)14-6-8-15(9-7-14)16(3,12-17)19-11-5-10-18-4/h6-9,13H,5,10-12H2,1-4H3. The molecule has 1 rings (SSSR count). The van der Waals surface area contributed by atoms with Gasteiger partial charge in [-0.15, -0.1) is 0 Å². The van der Waals surface area contributed by atoms with Crippen molar-refractivity contribution in [3.8, 4) is 0 Å². The Labute approximate surface area is 131 Å². The summed E-state index contributed by atoms with van der Waals surface area (Å²) in [5.41, 5.74) is 2.42. The Morgan fingerprint density at radius 3 is 2.26 bits per heavy atom. The molecule has 19 heavy (non-hydrogen) atoms. The molecule has 0 aliphatic heterocycles. The van der Waals surface area contributed by atoms with Crippen LogP contribution in [-0.2, 0) is 15.1 Å². The highest BCUT2D eigenvalue weighted by atomic mass is 127. The lowest BCUT2D eigenvalue weighted by molar-refractivity contribution is -0.0229.